The van der Waals surface area contributed by atoms with Crippen molar-refractivity contribution in [1.82, 2.24) is 4.90 Å². The van der Waals surface area contributed by atoms with Crippen LogP contribution in [0.2, 0.25) is 0 Å². The Labute approximate surface area is 178 Å². The van der Waals surface area contributed by atoms with E-state index in [1.807, 2.05) is 36.4 Å². The van der Waals surface area contributed by atoms with Gasteiger partial charge in [0.2, 0.25) is 0 Å². The topological polar surface area (TPSA) is 76.1 Å². The molecule has 0 radical (unpaired) electrons. The van der Waals surface area contributed by atoms with Gasteiger partial charge in [0.05, 0.1) is 18.6 Å². The van der Waals surface area contributed by atoms with Crippen LogP contribution < -0.4 is 9.47 Å². The molecule has 1 aliphatic rings. The molecular formula is C21H19NO5S2. The number of benzene rings is 2. The normalized spacial score (nSPS) is 15.1. The van der Waals surface area contributed by atoms with Crippen LogP contribution >= 0.6 is 24.0 Å². The molecule has 29 heavy (non-hydrogen) atoms. The fraction of sp³-hybridized carbons (Fsp3) is 0.190. The number of carboxylic acid groups (broad SMARTS) is 1. The zero-order valence-corrected chi connectivity index (χ0v) is 17.3. The van der Waals surface area contributed by atoms with Crippen molar-refractivity contribution in [2.24, 2.45) is 0 Å². The minimum Gasteiger partial charge on any atom is -0.493 e. The highest BCUT2D eigenvalue weighted by Gasteiger charge is 2.33. The van der Waals surface area contributed by atoms with Crippen LogP contribution in [-0.2, 0) is 16.0 Å². The predicted molar refractivity (Wildman–Crippen MR) is 116 cm³/mol. The SMILES string of the molecule is COc1cc(/C=C2\SC(=S)N(CC(=O)O)C2=O)ccc1OCCc1ccccc1. The molecule has 0 aromatic heterocycles. The number of hydrogen-bond acceptors (Lipinski definition) is 6. The fourth-order valence-electron chi connectivity index (χ4n) is 2.74. The Hall–Kier alpha value is -2.84. The van der Waals surface area contributed by atoms with Crippen molar-refractivity contribution in [3.63, 3.8) is 0 Å². The molecule has 1 N–H and O–H groups in total. The molecule has 0 atom stereocenters. The third kappa shape index (κ3) is 5.36. The van der Waals surface area contributed by atoms with Crippen LogP contribution in [0.4, 0.5) is 0 Å². The molecular weight excluding hydrogens is 410 g/mol. The number of nitrogens with zero attached hydrogens (tertiary/aromatic N) is 1. The lowest BCUT2D eigenvalue weighted by molar-refractivity contribution is -0.140. The Bertz CT molecular complexity index is 959. The minimum absolute atomic E-state index is 0.233. The molecule has 8 heteroatoms. The second kappa shape index (κ2) is 9.58. The Morgan fingerprint density at radius 1 is 1.21 bits per heavy atom. The van der Waals surface area contributed by atoms with Crippen LogP contribution in [0.15, 0.2) is 53.4 Å². The van der Waals surface area contributed by atoms with Crippen molar-refractivity contribution in [2.45, 2.75) is 6.42 Å². The summed E-state index contributed by atoms with van der Waals surface area (Å²) in [7, 11) is 1.55. The fourth-order valence-corrected chi connectivity index (χ4v) is 3.99. The summed E-state index contributed by atoms with van der Waals surface area (Å²) in [5.74, 6) is -0.363. The molecule has 1 aliphatic heterocycles. The van der Waals surface area contributed by atoms with E-state index in [0.29, 0.717) is 23.0 Å². The van der Waals surface area contributed by atoms with Gasteiger partial charge in [-0.25, -0.2) is 0 Å². The van der Waals surface area contributed by atoms with Gasteiger partial charge >= 0.3 is 5.97 Å². The molecule has 0 spiro atoms. The number of methoxy groups -OCH3 is 1. The van der Waals surface area contributed by atoms with Gasteiger partial charge in [-0.15, -0.1) is 0 Å². The quantitative estimate of drug-likeness (QED) is 0.507. The van der Waals surface area contributed by atoms with Crippen LogP contribution in [0.5, 0.6) is 11.5 Å². The van der Waals surface area contributed by atoms with Crippen molar-refractivity contribution < 1.29 is 24.2 Å². The molecule has 3 rings (SSSR count). The van der Waals surface area contributed by atoms with Gasteiger partial charge in [0.25, 0.3) is 5.91 Å². The van der Waals surface area contributed by atoms with Gasteiger partial charge in [0.15, 0.2) is 11.5 Å². The average Bonchev–Trinajstić information content (AvgIpc) is 2.96. The van der Waals surface area contributed by atoms with E-state index in [2.05, 4.69) is 0 Å². The van der Waals surface area contributed by atoms with E-state index in [-0.39, 0.29) is 4.32 Å². The van der Waals surface area contributed by atoms with Gasteiger partial charge in [-0.05, 0) is 29.3 Å². The molecule has 0 unspecified atom stereocenters. The number of carbonyl (C=O) groups excluding carboxylic acids is 1. The largest absolute Gasteiger partial charge is 0.493 e. The molecule has 0 saturated carbocycles. The summed E-state index contributed by atoms with van der Waals surface area (Å²) >= 11 is 6.19. The number of aliphatic carboxylic acids is 1. The summed E-state index contributed by atoms with van der Waals surface area (Å²) in [6, 6.07) is 15.4. The van der Waals surface area contributed by atoms with E-state index in [1.54, 1.807) is 25.3 Å². The molecule has 1 fully saturated rings. The highest BCUT2D eigenvalue weighted by molar-refractivity contribution is 8.26. The summed E-state index contributed by atoms with van der Waals surface area (Å²) in [6.07, 6.45) is 2.44. The van der Waals surface area contributed by atoms with Crippen molar-refractivity contribution >= 4 is 46.3 Å². The molecule has 2 aromatic rings. The first-order valence-electron chi connectivity index (χ1n) is 8.80. The van der Waals surface area contributed by atoms with Crippen LogP contribution in [-0.4, -0.2) is 46.5 Å². The maximum Gasteiger partial charge on any atom is 0.323 e. The number of rotatable bonds is 8. The monoisotopic (exact) mass is 429 g/mol. The minimum atomic E-state index is -1.11. The Morgan fingerprint density at radius 3 is 2.66 bits per heavy atom. The Morgan fingerprint density at radius 2 is 1.97 bits per heavy atom. The van der Waals surface area contributed by atoms with Gasteiger partial charge in [-0.3, -0.25) is 14.5 Å². The summed E-state index contributed by atoms with van der Waals surface area (Å²) in [5.41, 5.74) is 1.92. The number of amides is 1. The van der Waals surface area contributed by atoms with E-state index in [0.717, 1.165) is 28.6 Å². The van der Waals surface area contributed by atoms with Crippen molar-refractivity contribution in [1.29, 1.82) is 0 Å². The third-order valence-corrected chi connectivity index (χ3v) is 5.52. The van der Waals surface area contributed by atoms with Gasteiger partial charge < -0.3 is 14.6 Å². The first-order valence-corrected chi connectivity index (χ1v) is 10.0. The predicted octanol–water partition coefficient (Wildman–Crippen LogP) is 3.60. The highest BCUT2D eigenvalue weighted by atomic mass is 32.2. The summed E-state index contributed by atoms with van der Waals surface area (Å²) in [4.78, 5) is 24.7. The van der Waals surface area contributed by atoms with Crippen LogP contribution in [0.3, 0.4) is 0 Å². The van der Waals surface area contributed by atoms with Gasteiger partial charge in [0.1, 0.15) is 10.9 Å². The first kappa shape index (κ1) is 20.9. The number of thiocarbonyl (C=S) groups is 1. The second-order valence-electron chi connectivity index (χ2n) is 6.16. The van der Waals surface area contributed by atoms with Gasteiger partial charge in [-0.1, -0.05) is 60.4 Å². The molecule has 0 bridgehead atoms. The van der Waals surface area contributed by atoms with Crippen molar-refractivity contribution in [3.8, 4) is 11.5 Å². The summed E-state index contributed by atoms with van der Waals surface area (Å²) in [6.45, 7) is 0.0626. The van der Waals surface area contributed by atoms with Crippen LogP contribution in [0, 0.1) is 0 Å². The van der Waals surface area contributed by atoms with E-state index in [1.165, 1.54) is 5.56 Å². The number of carboxylic acids is 1. The summed E-state index contributed by atoms with van der Waals surface area (Å²) in [5, 5.41) is 8.92. The van der Waals surface area contributed by atoms with Crippen molar-refractivity contribution in [2.75, 3.05) is 20.3 Å². The maximum atomic E-state index is 12.4. The van der Waals surface area contributed by atoms with E-state index < -0.39 is 18.4 Å². The second-order valence-corrected chi connectivity index (χ2v) is 7.83. The zero-order valence-electron chi connectivity index (χ0n) is 15.7. The van der Waals surface area contributed by atoms with E-state index >= 15 is 0 Å². The molecule has 6 nitrogen and oxygen atoms in total. The lowest BCUT2D eigenvalue weighted by Gasteiger charge is -2.12. The lowest BCUT2D eigenvalue weighted by atomic mass is 10.1. The van der Waals surface area contributed by atoms with Crippen LogP contribution in [0.1, 0.15) is 11.1 Å². The standard InChI is InChI=1S/C21H19NO5S2/c1-26-17-11-15(12-18-20(25)22(13-19(23)24)21(28)29-18)7-8-16(17)27-10-9-14-5-3-2-4-6-14/h2-8,11-12H,9-10,13H2,1H3,(H,23,24)/b18-12-. The Balaban J connectivity index is 1.70. The molecule has 150 valence electrons. The third-order valence-electron chi connectivity index (χ3n) is 4.14. The molecule has 2 aromatic carbocycles. The van der Waals surface area contributed by atoms with Gasteiger partial charge in [-0.2, -0.15) is 0 Å². The highest BCUT2D eigenvalue weighted by Crippen LogP contribution is 2.34. The Kier molecular flexibility index (Phi) is 6.90. The van der Waals surface area contributed by atoms with Gasteiger partial charge in [0, 0.05) is 6.42 Å². The smallest absolute Gasteiger partial charge is 0.323 e. The molecule has 1 saturated heterocycles. The van der Waals surface area contributed by atoms with E-state index in [4.69, 9.17) is 26.8 Å². The number of hydrogen-bond donors (Lipinski definition) is 1. The number of thioether (sulfide) groups is 1. The number of ether oxygens (including phenoxy) is 2. The lowest BCUT2D eigenvalue weighted by Crippen LogP contribution is -2.33. The van der Waals surface area contributed by atoms with Crippen molar-refractivity contribution in [3.05, 3.63) is 64.6 Å². The van der Waals surface area contributed by atoms with Crippen LogP contribution in [0.25, 0.3) is 6.08 Å². The number of carbonyl (C=O) groups is 2. The molecule has 1 amide bonds. The molecule has 0 aliphatic carbocycles. The maximum absolute atomic E-state index is 12.4. The van der Waals surface area contributed by atoms with E-state index in [9.17, 15) is 9.59 Å². The summed E-state index contributed by atoms with van der Waals surface area (Å²) < 4.78 is 11.5. The zero-order chi connectivity index (χ0) is 20.8. The first-order chi connectivity index (χ1) is 14.0. The molecule has 1 heterocycles. The average molecular weight is 430 g/mol.